The van der Waals surface area contributed by atoms with Gasteiger partial charge in [0.05, 0.1) is 0 Å². The van der Waals surface area contributed by atoms with Gasteiger partial charge >= 0.3 is 0 Å². The SMILES string of the molecule is Cc1ccc(F)c(C2CCNC2C)c1. The van der Waals surface area contributed by atoms with Crippen LogP contribution in [0, 0.1) is 12.7 Å². The number of aryl methyl sites for hydroxylation is 1. The highest BCUT2D eigenvalue weighted by atomic mass is 19.1. The van der Waals surface area contributed by atoms with Crippen LogP contribution < -0.4 is 5.32 Å². The average molecular weight is 193 g/mol. The van der Waals surface area contributed by atoms with E-state index in [-0.39, 0.29) is 5.82 Å². The molecule has 1 nitrogen and oxygen atoms in total. The van der Waals surface area contributed by atoms with Crippen LogP contribution in [0.2, 0.25) is 0 Å². The molecular weight excluding hydrogens is 177 g/mol. The molecule has 14 heavy (non-hydrogen) atoms. The van der Waals surface area contributed by atoms with Crippen molar-refractivity contribution >= 4 is 0 Å². The van der Waals surface area contributed by atoms with Crippen LogP contribution in [0.5, 0.6) is 0 Å². The Morgan fingerprint density at radius 3 is 2.86 bits per heavy atom. The predicted octanol–water partition coefficient (Wildman–Crippen LogP) is 2.60. The van der Waals surface area contributed by atoms with Crippen molar-refractivity contribution in [3.05, 3.63) is 35.1 Å². The van der Waals surface area contributed by atoms with Gasteiger partial charge in [-0.05, 0) is 38.4 Å². The van der Waals surface area contributed by atoms with Crippen LogP contribution in [0.4, 0.5) is 4.39 Å². The third-order valence-corrected chi connectivity index (χ3v) is 3.08. The van der Waals surface area contributed by atoms with Crippen molar-refractivity contribution in [2.45, 2.75) is 32.2 Å². The largest absolute Gasteiger partial charge is 0.314 e. The fourth-order valence-electron chi connectivity index (χ4n) is 2.23. The van der Waals surface area contributed by atoms with E-state index >= 15 is 0 Å². The zero-order valence-electron chi connectivity index (χ0n) is 8.68. The molecule has 0 spiro atoms. The summed E-state index contributed by atoms with van der Waals surface area (Å²) < 4.78 is 13.6. The summed E-state index contributed by atoms with van der Waals surface area (Å²) in [5.74, 6) is 0.283. The van der Waals surface area contributed by atoms with E-state index in [0.29, 0.717) is 12.0 Å². The molecule has 1 aliphatic heterocycles. The Labute approximate surface area is 84.3 Å². The highest BCUT2D eigenvalue weighted by Crippen LogP contribution is 2.29. The number of hydrogen-bond acceptors (Lipinski definition) is 1. The normalized spacial score (nSPS) is 26.8. The average Bonchev–Trinajstić information content (AvgIpc) is 2.56. The molecule has 2 unspecified atom stereocenters. The summed E-state index contributed by atoms with van der Waals surface area (Å²) in [6, 6.07) is 5.77. The molecule has 1 aromatic carbocycles. The lowest BCUT2D eigenvalue weighted by atomic mass is 9.91. The molecule has 2 rings (SSSR count). The van der Waals surface area contributed by atoms with E-state index in [0.717, 1.165) is 24.1 Å². The minimum Gasteiger partial charge on any atom is -0.314 e. The predicted molar refractivity (Wildman–Crippen MR) is 56.0 cm³/mol. The van der Waals surface area contributed by atoms with E-state index in [4.69, 9.17) is 0 Å². The fraction of sp³-hybridized carbons (Fsp3) is 0.500. The summed E-state index contributed by atoms with van der Waals surface area (Å²) in [5.41, 5.74) is 2.02. The van der Waals surface area contributed by atoms with Crippen LogP contribution in [-0.2, 0) is 0 Å². The van der Waals surface area contributed by atoms with Gasteiger partial charge in [-0.3, -0.25) is 0 Å². The lowest BCUT2D eigenvalue weighted by Crippen LogP contribution is -2.22. The molecule has 0 saturated carbocycles. The maximum atomic E-state index is 13.6. The molecule has 0 aromatic heterocycles. The van der Waals surface area contributed by atoms with Gasteiger partial charge in [-0.1, -0.05) is 17.7 Å². The second kappa shape index (κ2) is 3.70. The molecule has 1 fully saturated rings. The standard InChI is InChI=1S/C12H16FN/c1-8-3-4-12(13)11(7-8)10-5-6-14-9(10)2/h3-4,7,9-10,14H,5-6H2,1-2H3. The molecule has 1 heterocycles. The summed E-state index contributed by atoms with van der Waals surface area (Å²) in [6.45, 7) is 5.13. The molecule has 1 N–H and O–H groups in total. The Kier molecular flexibility index (Phi) is 2.55. The van der Waals surface area contributed by atoms with Crippen LogP contribution in [0.3, 0.4) is 0 Å². The molecule has 0 amide bonds. The second-order valence-electron chi connectivity index (χ2n) is 4.16. The summed E-state index contributed by atoms with van der Waals surface area (Å²) >= 11 is 0. The van der Waals surface area contributed by atoms with Crippen LogP contribution in [0.15, 0.2) is 18.2 Å². The van der Waals surface area contributed by atoms with Crippen molar-refractivity contribution in [2.24, 2.45) is 0 Å². The van der Waals surface area contributed by atoms with Gasteiger partial charge < -0.3 is 5.32 Å². The molecule has 0 radical (unpaired) electrons. The monoisotopic (exact) mass is 193 g/mol. The zero-order valence-corrected chi connectivity index (χ0v) is 8.68. The summed E-state index contributed by atoms with van der Waals surface area (Å²) in [5, 5.41) is 3.35. The summed E-state index contributed by atoms with van der Waals surface area (Å²) in [7, 11) is 0. The topological polar surface area (TPSA) is 12.0 Å². The number of hydrogen-bond donors (Lipinski definition) is 1. The second-order valence-corrected chi connectivity index (χ2v) is 4.16. The first-order valence-electron chi connectivity index (χ1n) is 5.18. The molecule has 2 atom stereocenters. The van der Waals surface area contributed by atoms with Crippen molar-refractivity contribution in [1.82, 2.24) is 5.32 Å². The van der Waals surface area contributed by atoms with E-state index in [1.165, 1.54) is 0 Å². The lowest BCUT2D eigenvalue weighted by molar-refractivity contribution is 0.543. The van der Waals surface area contributed by atoms with Crippen molar-refractivity contribution in [3.8, 4) is 0 Å². The van der Waals surface area contributed by atoms with E-state index < -0.39 is 0 Å². The third-order valence-electron chi connectivity index (χ3n) is 3.08. The van der Waals surface area contributed by atoms with Gasteiger partial charge in [0, 0.05) is 12.0 Å². The maximum Gasteiger partial charge on any atom is 0.126 e. The molecule has 2 heteroatoms. The van der Waals surface area contributed by atoms with Crippen molar-refractivity contribution < 1.29 is 4.39 Å². The first-order valence-corrected chi connectivity index (χ1v) is 5.18. The van der Waals surface area contributed by atoms with E-state index in [1.807, 2.05) is 19.1 Å². The summed E-state index contributed by atoms with van der Waals surface area (Å²) in [4.78, 5) is 0. The molecule has 1 aliphatic rings. The Morgan fingerprint density at radius 1 is 1.43 bits per heavy atom. The number of rotatable bonds is 1. The van der Waals surface area contributed by atoms with Gasteiger partial charge in [-0.25, -0.2) is 4.39 Å². The van der Waals surface area contributed by atoms with Gasteiger partial charge in [-0.2, -0.15) is 0 Å². The van der Waals surface area contributed by atoms with Crippen molar-refractivity contribution in [1.29, 1.82) is 0 Å². The molecule has 0 aliphatic carbocycles. The highest BCUT2D eigenvalue weighted by molar-refractivity contribution is 5.29. The summed E-state index contributed by atoms with van der Waals surface area (Å²) in [6.07, 6.45) is 1.04. The minimum atomic E-state index is -0.0591. The van der Waals surface area contributed by atoms with Gasteiger partial charge in [0.1, 0.15) is 5.82 Å². The highest BCUT2D eigenvalue weighted by Gasteiger charge is 2.26. The van der Waals surface area contributed by atoms with Crippen LogP contribution in [-0.4, -0.2) is 12.6 Å². The molecule has 76 valence electrons. The first kappa shape index (κ1) is 9.66. The Bertz CT molecular complexity index is 335. The quantitative estimate of drug-likeness (QED) is 0.723. The van der Waals surface area contributed by atoms with Crippen LogP contribution in [0.25, 0.3) is 0 Å². The minimum absolute atomic E-state index is 0.0591. The Balaban J connectivity index is 2.34. The molecule has 0 bridgehead atoms. The van der Waals surface area contributed by atoms with Gasteiger partial charge in [0.2, 0.25) is 0 Å². The van der Waals surface area contributed by atoms with E-state index in [2.05, 4.69) is 12.2 Å². The smallest absolute Gasteiger partial charge is 0.126 e. The van der Waals surface area contributed by atoms with Crippen LogP contribution >= 0.6 is 0 Å². The Morgan fingerprint density at radius 2 is 2.21 bits per heavy atom. The van der Waals surface area contributed by atoms with Crippen molar-refractivity contribution in [2.75, 3.05) is 6.54 Å². The lowest BCUT2D eigenvalue weighted by Gasteiger charge is -2.16. The van der Waals surface area contributed by atoms with Gasteiger partial charge in [0.15, 0.2) is 0 Å². The third kappa shape index (κ3) is 1.67. The molecule has 1 saturated heterocycles. The fourth-order valence-corrected chi connectivity index (χ4v) is 2.23. The molecular formula is C12H16FN. The zero-order chi connectivity index (χ0) is 10.1. The first-order chi connectivity index (χ1) is 6.68. The van der Waals surface area contributed by atoms with E-state index in [1.54, 1.807) is 6.07 Å². The maximum absolute atomic E-state index is 13.6. The number of nitrogens with one attached hydrogen (secondary N) is 1. The molecule has 1 aromatic rings. The number of benzene rings is 1. The number of halogens is 1. The Hall–Kier alpha value is -0.890. The van der Waals surface area contributed by atoms with Gasteiger partial charge in [0.25, 0.3) is 0 Å². The van der Waals surface area contributed by atoms with Crippen LogP contribution in [0.1, 0.15) is 30.4 Å². The van der Waals surface area contributed by atoms with Crippen molar-refractivity contribution in [3.63, 3.8) is 0 Å². The van der Waals surface area contributed by atoms with E-state index in [9.17, 15) is 4.39 Å². The van der Waals surface area contributed by atoms with Gasteiger partial charge in [-0.15, -0.1) is 0 Å².